The van der Waals surface area contributed by atoms with Crippen LogP contribution in [0, 0.1) is 19.8 Å². The number of aryl methyl sites for hydroxylation is 2. The van der Waals surface area contributed by atoms with Crippen LogP contribution in [0.3, 0.4) is 0 Å². The van der Waals surface area contributed by atoms with Gasteiger partial charge in [-0.3, -0.25) is 9.20 Å². The van der Waals surface area contributed by atoms with Gasteiger partial charge < -0.3 is 5.32 Å². The fourth-order valence-electron chi connectivity index (χ4n) is 3.25. The molecule has 0 atom stereocenters. The van der Waals surface area contributed by atoms with Gasteiger partial charge in [0.15, 0.2) is 0 Å². The quantitative estimate of drug-likeness (QED) is 0.941. The molecule has 3 rings (SSSR count). The van der Waals surface area contributed by atoms with Crippen molar-refractivity contribution in [3.63, 3.8) is 0 Å². The van der Waals surface area contributed by atoms with E-state index >= 15 is 0 Å². The van der Waals surface area contributed by atoms with Crippen molar-refractivity contribution in [1.29, 1.82) is 0 Å². The highest BCUT2D eigenvalue weighted by atomic mass is 16.1. The molecule has 0 unspecified atom stereocenters. The van der Waals surface area contributed by atoms with Gasteiger partial charge in [0.1, 0.15) is 11.3 Å². The van der Waals surface area contributed by atoms with E-state index in [0.717, 1.165) is 23.4 Å². The van der Waals surface area contributed by atoms with Crippen molar-refractivity contribution in [3.05, 3.63) is 35.3 Å². The second kappa shape index (κ2) is 5.88. The van der Waals surface area contributed by atoms with Crippen LogP contribution in [0.25, 0.3) is 5.65 Å². The van der Waals surface area contributed by atoms with Crippen molar-refractivity contribution < 1.29 is 4.79 Å². The first kappa shape index (κ1) is 14.1. The molecule has 0 spiro atoms. The van der Waals surface area contributed by atoms with Crippen LogP contribution in [0.2, 0.25) is 0 Å². The number of nitrogens with one attached hydrogen (secondary N) is 1. The van der Waals surface area contributed by atoms with Crippen LogP contribution in [-0.2, 0) is 0 Å². The van der Waals surface area contributed by atoms with Gasteiger partial charge in [-0.2, -0.15) is 0 Å². The van der Waals surface area contributed by atoms with Crippen LogP contribution in [0.4, 0.5) is 0 Å². The molecule has 0 bridgehead atoms. The fraction of sp³-hybridized carbons (Fsp3) is 0.529. The van der Waals surface area contributed by atoms with Gasteiger partial charge in [-0.1, -0.05) is 25.3 Å². The first-order valence-electron chi connectivity index (χ1n) is 7.88. The molecule has 0 aromatic carbocycles. The number of imidazole rings is 1. The lowest BCUT2D eigenvalue weighted by Gasteiger charge is -2.21. The number of nitrogens with zero attached hydrogens (tertiary/aromatic N) is 2. The van der Waals surface area contributed by atoms with E-state index in [4.69, 9.17) is 0 Å². The zero-order chi connectivity index (χ0) is 14.8. The topological polar surface area (TPSA) is 46.4 Å². The van der Waals surface area contributed by atoms with Crippen molar-refractivity contribution >= 4 is 11.6 Å². The summed E-state index contributed by atoms with van der Waals surface area (Å²) in [6, 6.07) is 3.98. The Morgan fingerprint density at radius 2 is 2.05 bits per heavy atom. The molecule has 0 aliphatic heterocycles. The Morgan fingerprint density at radius 3 is 2.81 bits per heavy atom. The maximum atomic E-state index is 12.5. The second-order valence-corrected chi connectivity index (χ2v) is 6.19. The Hall–Kier alpha value is -1.84. The molecule has 2 heterocycles. The Kier molecular flexibility index (Phi) is 3.95. The van der Waals surface area contributed by atoms with E-state index in [2.05, 4.69) is 10.3 Å². The van der Waals surface area contributed by atoms with Gasteiger partial charge in [-0.15, -0.1) is 0 Å². The van der Waals surface area contributed by atoms with Crippen molar-refractivity contribution in [2.75, 3.05) is 6.54 Å². The van der Waals surface area contributed by atoms with Crippen LogP contribution in [0.1, 0.15) is 53.8 Å². The summed E-state index contributed by atoms with van der Waals surface area (Å²) in [4.78, 5) is 17.0. The van der Waals surface area contributed by atoms with Crippen LogP contribution in [0.15, 0.2) is 18.3 Å². The van der Waals surface area contributed by atoms with Gasteiger partial charge in [0.05, 0.1) is 5.69 Å². The molecule has 4 nitrogen and oxygen atoms in total. The summed E-state index contributed by atoms with van der Waals surface area (Å²) < 4.78 is 1.90. The number of hydrogen-bond donors (Lipinski definition) is 1. The number of carbonyl (C=O) groups is 1. The second-order valence-electron chi connectivity index (χ2n) is 6.19. The SMILES string of the molecule is Cc1ccc2nc(C)c(C(=O)NCC3CCCCC3)n2c1. The number of fused-ring (bicyclic) bond motifs is 1. The Balaban J connectivity index is 1.77. The average Bonchev–Trinajstić information content (AvgIpc) is 2.81. The number of rotatable bonds is 3. The molecule has 2 aromatic heterocycles. The Labute approximate surface area is 125 Å². The summed E-state index contributed by atoms with van der Waals surface area (Å²) in [5.74, 6) is 0.639. The number of aromatic nitrogens is 2. The van der Waals surface area contributed by atoms with Gasteiger partial charge in [0.2, 0.25) is 0 Å². The maximum Gasteiger partial charge on any atom is 0.270 e. The molecule has 0 saturated heterocycles. The Bertz CT molecular complexity index is 653. The molecule has 1 saturated carbocycles. The minimum atomic E-state index is -0.00354. The van der Waals surface area contributed by atoms with E-state index in [1.165, 1.54) is 32.1 Å². The van der Waals surface area contributed by atoms with Gasteiger partial charge in [-0.25, -0.2) is 4.98 Å². The largest absolute Gasteiger partial charge is 0.350 e. The third kappa shape index (κ3) is 2.94. The number of carbonyl (C=O) groups excluding carboxylic acids is 1. The van der Waals surface area contributed by atoms with E-state index in [-0.39, 0.29) is 5.91 Å². The smallest absolute Gasteiger partial charge is 0.270 e. The lowest BCUT2D eigenvalue weighted by Crippen LogP contribution is -2.31. The van der Waals surface area contributed by atoms with Gasteiger partial charge in [0.25, 0.3) is 5.91 Å². The monoisotopic (exact) mass is 285 g/mol. The summed E-state index contributed by atoms with van der Waals surface area (Å²) in [5, 5.41) is 3.11. The summed E-state index contributed by atoms with van der Waals surface area (Å²) in [7, 11) is 0. The van der Waals surface area contributed by atoms with Crippen molar-refractivity contribution in [2.24, 2.45) is 5.92 Å². The third-order valence-corrected chi connectivity index (χ3v) is 4.43. The maximum absolute atomic E-state index is 12.5. The van der Waals surface area contributed by atoms with Crippen LogP contribution < -0.4 is 5.32 Å². The zero-order valence-electron chi connectivity index (χ0n) is 12.9. The first-order valence-corrected chi connectivity index (χ1v) is 7.88. The van der Waals surface area contributed by atoms with Gasteiger partial charge >= 0.3 is 0 Å². The predicted molar refractivity (Wildman–Crippen MR) is 83.6 cm³/mol. The van der Waals surface area contributed by atoms with Crippen LogP contribution in [0.5, 0.6) is 0 Å². The molecule has 1 aliphatic carbocycles. The zero-order valence-corrected chi connectivity index (χ0v) is 12.9. The van der Waals surface area contributed by atoms with Gasteiger partial charge in [0, 0.05) is 12.7 Å². The number of pyridine rings is 1. The number of amides is 1. The molecule has 1 N–H and O–H groups in total. The minimum Gasteiger partial charge on any atom is -0.350 e. The molecule has 4 heteroatoms. The van der Waals surface area contributed by atoms with Crippen molar-refractivity contribution in [2.45, 2.75) is 46.0 Å². The molecule has 0 radical (unpaired) electrons. The van der Waals surface area contributed by atoms with E-state index in [0.29, 0.717) is 11.6 Å². The Morgan fingerprint density at radius 1 is 1.29 bits per heavy atom. The van der Waals surface area contributed by atoms with Crippen molar-refractivity contribution in [1.82, 2.24) is 14.7 Å². The summed E-state index contributed by atoms with van der Waals surface area (Å²) in [6.07, 6.45) is 8.40. The summed E-state index contributed by atoms with van der Waals surface area (Å²) >= 11 is 0. The molecule has 112 valence electrons. The highest BCUT2D eigenvalue weighted by Gasteiger charge is 2.19. The lowest BCUT2D eigenvalue weighted by molar-refractivity contribution is 0.0937. The average molecular weight is 285 g/mol. The summed E-state index contributed by atoms with van der Waals surface area (Å²) in [6.45, 7) is 4.72. The molecule has 1 fully saturated rings. The van der Waals surface area contributed by atoms with Gasteiger partial charge in [-0.05, 0) is 44.2 Å². The number of hydrogen-bond acceptors (Lipinski definition) is 2. The van der Waals surface area contributed by atoms with Crippen LogP contribution in [-0.4, -0.2) is 21.8 Å². The minimum absolute atomic E-state index is 0.00354. The summed E-state index contributed by atoms with van der Waals surface area (Å²) in [5.41, 5.74) is 3.42. The standard InChI is InChI=1S/C17H23N3O/c1-12-8-9-15-19-13(2)16(20(15)11-12)17(21)18-10-14-6-4-3-5-7-14/h8-9,11,14H,3-7,10H2,1-2H3,(H,18,21). The highest BCUT2D eigenvalue weighted by molar-refractivity contribution is 5.94. The van der Waals surface area contributed by atoms with Crippen LogP contribution >= 0.6 is 0 Å². The molecule has 1 amide bonds. The third-order valence-electron chi connectivity index (χ3n) is 4.43. The highest BCUT2D eigenvalue weighted by Crippen LogP contribution is 2.23. The molecule has 1 aliphatic rings. The lowest BCUT2D eigenvalue weighted by atomic mass is 9.89. The molecular weight excluding hydrogens is 262 g/mol. The normalized spacial score (nSPS) is 16.3. The predicted octanol–water partition coefficient (Wildman–Crippen LogP) is 3.26. The van der Waals surface area contributed by atoms with E-state index in [1.807, 2.05) is 36.6 Å². The molecular formula is C17H23N3O. The van der Waals surface area contributed by atoms with E-state index in [1.54, 1.807) is 0 Å². The molecule has 2 aromatic rings. The first-order chi connectivity index (χ1) is 10.1. The van der Waals surface area contributed by atoms with Crippen molar-refractivity contribution in [3.8, 4) is 0 Å². The molecule has 21 heavy (non-hydrogen) atoms. The van der Waals surface area contributed by atoms with E-state index in [9.17, 15) is 4.79 Å². The fourth-order valence-corrected chi connectivity index (χ4v) is 3.25. The van der Waals surface area contributed by atoms with E-state index < -0.39 is 0 Å².